The molecule has 3 atom stereocenters. The van der Waals surface area contributed by atoms with Crippen molar-refractivity contribution in [3.8, 4) is 11.5 Å². The van der Waals surface area contributed by atoms with Gasteiger partial charge in [-0.2, -0.15) is 0 Å². The van der Waals surface area contributed by atoms with Crippen LogP contribution in [-0.2, 0) is 16.1 Å². The van der Waals surface area contributed by atoms with E-state index in [0.717, 1.165) is 29.4 Å². The third kappa shape index (κ3) is 4.48. The molecule has 2 aliphatic heterocycles. The number of carbonyl (C=O) groups excluding carboxylic acids is 1. The van der Waals surface area contributed by atoms with Gasteiger partial charge in [0.2, 0.25) is 0 Å². The maximum atomic E-state index is 13.3. The van der Waals surface area contributed by atoms with Crippen molar-refractivity contribution >= 4 is 22.9 Å². The zero-order chi connectivity index (χ0) is 19.5. The Labute approximate surface area is 169 Å². The predicted molar refractivity (Wildman–Crippen MR) is 109 cm³/mol. The summed E-state index contributed by atoms with van der Waals surface area (Å²) in [5.41, 5.74) is 0.844. The fourth-order valence-electron chi connectivity index (χ4n) is 3.92. The van der Waals surface area contributed by atoms with Crippen molar-refractivity contribution in [3.63, 3.8) is 0 Å². The number of nitrogens with one attached hydrogen (secondary N) is 1. The Kier molecular flexibility index (Phi) is 5.85. The lowest BCUT2D eigenvalue weighted by atomic mass is 10.2. The van der Waals surface area contributed by atoms with Gasteiger partial charge in [-0.15, -0.1) is 11.3 Å². The summed E-state index contributed by atoms with van der Waals surface area (Å²) < 4.78 is 17.2. The normalized spacial score (nSPS) is 24.0. The van der Waals surface area contributed by atoms with E-state index in [1.54, 1.807) is 11.3 Å². The van der Waals surface area contributed by atoms with Crippen molar-refractivity contribution in [1.82, 2.24) is 0 Å². The van der Waals surface area contributed by atoms with E-state index in [0.29, 0.717) is 32.1 Å². The zero-order valence-electron chi connectivity index (χ0n) is 16.3. The van der Waals surface area contributed by atoms with Crippen LogP contribution < -0.4 is 19.3 Å². The molecule has 1 unspecified atom stereocenters. The van der Waals surface area contributed by atoms with Crippen molar-refractivity contribution in [2.24, 2.45) is 0 Å². The van der Waals surface area contributed by atoms with Crippen LogP contribution in [0, 0.1) is 0 Å². The molecular formula is C21H27N2O4S+. The van der Waals surface area contributed by atoms with Gasteiger partial charge in [0.05, 0.1) is 6.54 Å². The van der Waals surface area contributed by atoms with Crippen molar-refractivity contribution in [2.45, 2.75) is 32.6 Å². The van der Waals surface area contributed by atoms with Crippen LogP contribution in [0.15, 0.2) is 35.7 Å². The van der Waals surface area contributed by atoms with Crippen LogP contribution in [0.5, 0.6) is 11.5 Å². The van der Waals surface area contributed by atoms with Crippen LogP contribution in [-0.4, -0.2) is 51.0 Å². The third-order valence-electron chi connectivity index (χ3n) is 5.05. The minimum absolute atomic E-state index is 0.112. The van der Waals surface area contributed by atoms with E-state index in [-0.39, 0.29) is 18.1 Å². The predicted octanol–water partition coefficient (Wildman–Crippen LogP) is 1.74. The summed E-state index contributed by atoms with van der Waals surface area (Å²) in [6.45, 7) is 7.95. The number of amides is 1. The number of hydrogen-bond acceptors (Lipinski definition) is 5. The maximum Gasteiger partial charge on any atom is 0.282 e. The molecule has 1 aromatic carbocycles. The van der Waals surface area contributed by atoms with Gasteiger partial charge in [-0.3, -0.25) is 4.79 Å². The number of quaternary nitrogens is 1. The highest BCUT2D eigenvalue weighted by atomic mass is 32.1. The minimum Gasteiger partial charge on any atom is -0.486 e. The van der Waals surface area contributed by atoms with Gasteiger partial charge in [0.25, 0.3) is 5.91 Å². The van der Waals surface area contributed by atoms with Gasteiger partial charge in [-0.25, -0.2) is 0 Å². The number of fused-ring (bicyclic) bond motifs is 1. The highest BCUT2D eigenvalue weighted by molar-refractivity contribution is 7.09. The Bertz CT molecular complexity index is 801. The summed E-state index contributed by atoms with van der Waals surface area (Å²) in [7, 11) is 0. The Morgan fingerprint density at radius 3 is 2.61 bits per heavy atom. The van der Waals surface area contributed by atoms with Crippen LogP contribution in [0.1, 0.15) is 18.7 Å². The van der Waals surface area contributed by atoms with E-state index in [2.05, 4.69) is 19.9 Å². The molecule has 2 aliphatic rings. The minimum atomic E-state index is 0.112. The maximum absolute atomic E-state index is 13.3. The Hall–Kier alpha value is -2.09. The van der Waals surface area contributed by atoms with Crippen molar-refractivity contribution in [2.75, 3.05) is 37.7 Å². The van der Waals surface area contributed by atoms with Gasteiger partial charge in [0, 0.05) is 16.6 Å². The van der Waals surface area contributed by atoms with Gasteiger partial charge in [-0.1, -0.05) is 6.07 Å². The second kappa shape index (κ2) is 8.51. The summed E-state index contributed by atoms with van der Waals surface area (Å²) in [6.07, 6.45) is 0.346. The second-order valence-electron chi connectivity index (χ2n) is 7.48. The summed E-state index contributed by atoms with van der Waals surface area (Å²) in [5, 5.41) is 2.04. The molecule has 0 saturated carbocycles. The van der Waals surface area contributed by atoms with Gasteiger partial charge >= 0.3 is 0 Å². The molecule has 0 aliphatic carbocycles. The average Bonchev–Trinajstić information content (AvgIpc) is 3.18. The highest BCUT2D eigenvalue weighted by Crippen LogP contribution is 2.34. The first kappa shape index (κ1) is 19.2. The molecule has 0 spiro atoms. The fraction of sp³-hybridized carbons (Fsp3) is 0.476. The number of anilines is 1. The standard InChI is InChI=1S/C21H26N2O4S/c1-15-11-22(12-16(2)27-15)14-21(24)23(13-18-4-3-9-28-18)17-5-6-19-20(10-17)26-8-7-25-19/h3-6,9-10,15-16H,7-8,11-14H2,1-2H3/p+1/t15-,16+. The number of thiophene rings is 1. The van der Waals surface area contributed by atoms with E-state index in [4.69, 9.17) is 14.2 Å². The molecule has 4 rings (SSSR count). The number of carbonyl (C=O) groups is 1. The number of morpholine rings is 1. The lowest BCUT2D eigenvalue weighted by Crippen LogP contribution is -3.16. The molecule has 7 heteroatoms. The molecule has 1 fully saturated rings. The number of benzene rings is 1. The molecule has 28 heavy (non-hydrogen) atoms. The smallest absolute Gasteiger partial charge is 0.282 e. The number of ether oxygens (including phenoxy) is 3. The first-order valence-electron chi connectivity index (χ1n) is 9.80. The molecule has 1 N–H and O–H groups in total. The van der Waals surface area contributed by atoms with Crippen LogP contribution in [0.3, 0.4) is 0 Å². The lowest BCUT2D eigenvalue weighted by molar-refractivity contribution is -0.907. The summed E-state index contributed by atoms with van der Waals surface area (Å²) in [6, 6.07) is 9.83. The van der Waals surface area contributed by atoms with Crippen LogP contribution in [0.2, 0.25) is 0 Å². The molecule has 1 amide bonds. The molecule has 1 saturated heterocycles. The first-order chi connectivity index (χ1) is 13.6. The van der Waals surface area contributed by atoms with E-state index in [1.807, 2.05) is 34.5 Å². The molecule has 3 heterocycles. The molecule has 0 radical (unpaired) electrons. The molecule has 2 aromatic rings. The van der Waals surface area contributed by atoms with Crippen LogP contribution >= 0.6 is 11.3 Å². The topological polar surface area (TPSA) is 52.4 Å². The number of nitrogens with zero attached hydrogens (tertiary/aromatic N) is 1. The molecular weight excluding hydrogens is 376 g/mol. The van der Waals surface area contributed by atoms with E-state index < -0.39 is 0 Å². The lowest BCUT2D eigenvalue weighted by Gasteiger charge is -2.33. The molecule has 6 nitrogen and oxygen atoms in total. The zero-order valence-corrected chi connectivity index (χ0v) is 17.2. The average molecular weight is 404 g/mol. The Balaban J connectivity index is 1.55. The van der Waals surface area contributed by atoms with Gasteiger partial charge in [0.1, 0.15) is 38.5 Å². The van der Waals surface area contributed by atoms with Crippen molar-refractivity contribution < 1.29 is 23.9 Å². The monoisotopic (exact) mass is 403 g/mol. The summed E-state index contributed by atoms with van der Waals surface area (Å²) in [4.78, 5) is 17.6. The molecule has 0 bridgehead atoms. The number of rotatable bonds is 5. The summed E-state index contributed by atoms with van der Waals surface area (Å²) >= 11 is 1.66. The quantitative estimate of drug-likeness (QED) is 0.827. The van der Waals surface area contributed by atoms with E-state index in [1.165, 1.54) is 4.90 Å². The van der Waals surface area contributed by atoms with E-state index >= 15 is 0 Å². The van der Waals surface area contributed by atoms with Crippen LogP contribution in [0.4, 0.5) is 5.69 Å². The van der Waals surface area contributed by atoms with Crippen LogP contribution in [0.25, 0.3) is 0 Å². The first-order valence-corrected chi connectivity index (χ1v) is 10.7. The number of hydrogen-bond donors (Lipinski definition) is 1. The van der Waals surface area contributed by atoms with E-state index in [9.17, 15) is 4.79 Å². The van der Waals surface area contributed by atoms with Gasteiger partial charge in [-0.05, 0) is 37.4 Å². The third-order valence-corrected chi connectivity index (χ3v) is 5.91. The summed E-state index contributed by atoms with van der Waals surface area (Å²) in [5.74, 6) is 1.55. The molecule has 150 valence electrons. The second-order valence-corrected chi connectivity index (χ2v) is 8.51. The van der Waals surface area contributed by atoms with Crippen molar-refractivity contribution in [1.29, 1.82) is 0 Å². The van der Waals surface area contributed by atoms with Gasteiger partial charge in [0.15, 0.2) is 18.0 Å². The SMILES string of the molecule is C[C@@H]1C[NH+](CC(=O)N(Cc2cccs2)c2ccc3c(c2)OCCO3)C[C@H](C)O1. The Morgan fingerprint density at radius 1 is 1.14 bits per heavy atom. The van der Waals surface area contributed by atoms with Crippen molar-refractivity contribution in [3.05, 3.63) is 40.6 Å². The fourth-order valence-corrected chi connectivity index (χ4v) is 4.62. The highest BCUT2D eigenvalue weighted by Gasteiger charge is 2.30. The largest absolute Gasteiger partial charge is 0.486 e. The molecule has 1 aromatic heterocycles. The Morgan fingerprint density at radius 2 is 1.89 bits per heavy atom. The van der Waals surface area contributed by atoms with Gasteiger partial charge < -0.3 is 24.0 Å².